The number of hydrogen-bond acceptors (Lipinski definition) is 4. The summed E-state index contributed by atoms with van der Waals surface area (Å²) in [6.07, 6.45) is 4.15. The Balaban J connectivity index is 0.00000160. The Kier molecular flexibility index (Phi) is 8.95. The van der Waals surface area contributed by atoms with Crippen molar-refractivity contribution in [3.63, 3.8) is 0 Å². The van der Waals surface area contributed by atoms with Crippen LogP contribution in [0.25, 0.3) is 0 Å². The molecule has 2 N–H and O–H groups in total. The zero-order valence-corrected chi connectivity index (χ0v) is 19.1. The van der Waals surface area contributed by atoms with E-state index >= 15 is 0 Å². The number of likely N-dealkylation sites (tertiary alicyclic amines) is 1. The normalized spacial score (nSPS) is 21.7. The molecule has 7 heteroatoms. The molecule has 0 aliphatic carbocycles. The first-order valence-electron chi connectivity index (χ1n) is 10.4. The van der Waals surface area contributed by atoms with Gasteiger partial charge in [0.05, 0.1) is 5.56 Å². The third-order valence-corrected chi connectivity index (χ3v) is 6.36. The lowest BCUT2D eigenvalue weighted by Gasteiger charge is -2.31. The maximum atomic E-state index is 13.0. The lowest BCUT2D eigenvalue weighted by atomic mass is 9.89. The molecule has 1 amide bonds. The summed E-state index contributed by atoms with van der Waals surface area (Å²) in [5.74, 6) is 2.43. The molecular weight excluding hydrogens is 419 g/mol. The van der Waals surface area contributed by atoms with E-state index in [1.165, 1.54) is 18.4 Å². The molecule has 0 bridgehead atoms. The van der Waals surface area contributed by atoms with E-state index in [0.717, 1.165) is 31.4 Å². The van der Waals surface area contributed by atoms with Gasteiger partial charge in [-0.3, -0.25) is 4.79 Å². The molecule has 0 saturated carbocycles. The van der Waals surface area contributed by atoms with Gasteiger partial charge in [0.2, 0.25) is 0 Å². The smallest absolute Gasteiger partial charge is 0.255 e. The Bertz CT molecular complexity index is 795. The zero-order chi connectivity index (χ0) is 19.5. The van der Waals surface area contributed by atoms with Crippen LogP contribution in [-0.4, -0.2) is 48.5 Å². The van der Waals surface area contributed by atoms with Gasteiger partial charge in [-0.2, -0.15) is 0 Å². The van der Waals surface area contributed by atoms with Crippen LogP contribution in [0.15, 0.2) is 48.7 Å². The van der Waals surface area contributed by atoms with Gasteiger partial charge in [-0.25, -0.2) is 4.98 Å². The summed E-state index contributed by atoms with van der Waals surface area (Å²) in [6, 6.07) is 14.3. The molecule has 0 unspecified atom stereocenters. The minimum Gasteiger partial charge on any atom is -0.357 e. The minimum atomic E-state index is 0. The Hall–Kier alpha value is -1.82. The highest BCUT2D eigenvalue weighted by atomic mass is 35.5. The van der Waals surface area contributed by atoms with Gasteiger partial charge >= 0.3 is 0 Å². The number of anilines is 1. The first kappa shape index (κ1) is 24.4. The number of nitrogens with zero attached hydrogens (tertiary/aromatic N) is 3. The van der Waals surface area contributed by atoms with Gasteiger partial charge < -0.3 is 15.5 Å². The second-order valence-corrected chi connectivity index (χ2v) is 8.30. The van der Waals surface area contributed by atoms with Crippen molar-refractivity contribution in [3.8, 4) is 0 Å². The number of nitrogens with two attached hydrogens (primary N) is 1. The fraction of sp³-hybridized carbons (Fsp3) is 0.478. The van der Waals surface area contributed by atoms with Crippen molar-refractivity contribution >= 4 is 36.5 Å². The highest BCUT2D eigenvalue weighted by molar-refractivity contribution is 5.94. The predicted molar refractivity (Wildman–Crippen MR) is 127 cm³/mol. The maximum Gasteiger partial charge on any atom is 0.255 e. The molecule has 1 aromatic carbocycles. The predicted octanol–water partition coefficient (Wildman–Crippen LogP) is 3.98. The Morgan fingerprint density at radius 3 is 2.37 bits per heavy atom. The summed E-state index contributed by atoms with van der Waals surface area (Å²) in [5, 5.41) is 0. The molecule has 2 fully saturated rings. The monoisotopic (exact) mass is 450 g/mol. The molecule has 2 aliphatic heterocycles. The molecule has 2 aromatic rings. The first-order chi connectivity index (χ1) is 13.7. The van der Waals surface area contributed by atoms with Gasteiger partial charge in [-0.05, 0) is 48.9 Å². The van der Waals surface area contributed by atoms with E-state index in [0.29, 0.717) is 30.5 Å². The van der Waals surface area contributed by atoms with E-state index in [1.807, 2.05) is 23.1 Å². The molecular formula is C23H32Cl2N4O. The van der Waals surface area contributed by atoms with Crippen LogP contribution in [0.3, 0.4) is 0 Å². The maximum absolute atomic E-state index is 13.0. The number of carbonyl (C=O) groups is 1. The van der Waals surface area contributed by atoms with Gasteiger partial charge in [0, 0.05) is 38.3 Å². The van der Waals surface area contributed by atoms with Crippen molar-refractivity contribution in [1.29, 1.82) is 0 Å². The van der Waals surface area contributed by atoms with Gasteiger partial charge in [-0.15, -0.1) is 24.8 Å². The average Bonchev–Trinajstić information content (AvgIpc) is 3.19. The first-order valence-corrected chi connectivity index (χ1v) is 10.4. The molecule has 5 nitrogen and oxygen atoms in total. The highest BCUT2D eigenvalue weighted by Crippen LogP contribution is 2.33. The summed E-state index contributed by atoms with van der Waals surface area (Å²) in [7, 11) is 0. The molecule has 2 saturated heterocycles. The van der Waals surface area contributed by atoms with Crippen molar-refractivity contribution in [3.05, 3.63) is 59.8 Å². The number of aromatic nitrogens is 1. The molecule has 164 valence electrons. The van der Waals surface area contributed by atoms with E-state index in [4.69, 9.17) is 5.73 Å². The quantitative estimate of drug-likeness (QED) is 0.764. The molecule has 0 spiro atoms. The second-order valence-electron chi connectivity index (χ2n) is 8.30. The number of piperidine rings is 1. The highest BCUT2D eigenvalue weighted by Gasteiger charge is 2.35. The number of amides is 1. The van der Waals surface area contributed by atoms with E-state index < -0.39 is 0 Å². The topological polar surface area (TPSA) is 62.5 Å². The molecule has 30 heavy (non-hydrogen) atoms. The van der Waals surface area contributed by atoms with E-state index in [1.54, 1.807) is 6.20 Å². The van der Waals surface area contributed by atoms with Crippen LogP contribution in [-0.2, 0) is 0 Å². The van der Waals surface area contributed by atoms with Gasteiger partial charge in [0.15, 0.2) is 0 Å². The van der Waals surface area contributed by atoms with Gasteiger partial charge in [0.1, 0.15) is 5.82 Å². The lowest BCUT2D eigenvalue weighted by molar-refractivity contribution is 0.0786. The van der Waals surface area contributed by atoms with Crippen LogP contribution in [0.4, 0.5) is 5.82 Å². The molecule has 2 atom stereocenters. The number of halogens is 2. The summed E-state index contributed by atoms with van der Waals surface area (Å²) in [6.45, 7) is 6.42. The lowest BCUT2D eigenvalue weighted by Crippen LogP contribution is -2.33. The van der Waals surface area contributed by atoms with E-state index in [2.05, 4.69) is 41.1 Å². The van der Waals surface area contributed by atoms with Crippen LogP contribution >= 0.6 is 24.8 Å². The number of hydrogen-bond donors (Lipinski definition) is 1. The zero-order valence-electron chi connectivity index (χ0n) is 17.4. The average molecular weight is 451 g/mol. The third-order valence-electron chi connectivity index (χ3n) is 6.36. The van der Waals surface area contributed by atoms with Crippen molar-refractivity contribution < 1.29 is 4.79 Å². The number of pyridine rings is 1. The number of carbonyl (C=O) groups excluding carboxylic acids is 1. The van der Waals surface area contributed by atoms with Crippen LogP contribution in [0.5, 0.6) is 0 Å². The molecule has 4 rings (SSSR count). The SMILES string of the molecule is CC1CCN(c2ccc(C(=O)N3C[C@@H](CN)[C@H](c4ccccc4)C3)cn2)CC1.Cl.Cl. The minimum absolute atomic E-state index is 0. The van der Waals surface area contributed by atoms with Gasteiger partial charge in [-0.1, -0.05) is 37.3 Å². The van der Waals surface area contributed by atoms with Crippen LogP contribution < -0.4 is 10.6 Å². The summed E-state index contributed by atoms with van der Waals surface area (Å²) >= 11 is 0. The largest absolute Gasteiger partial charge is 0.357 e. The molecule has 2 aliphatic rings. The summed E-state index contributed by atoms with van der Waals surface area (Å²) < 4.78 is 0. The second kappa shape index (κ2) is 11.0. The fourth-order valence-electron chi connectivity index (χ4n) is 4.47. The van der Waals surface area contributed by atoms with Crippen molar-refractivity contribution in [1.82, 2.24) is 9.88 Å². The van der Waals surface area contributed by atoms with Crippen LogP contribution in [0, 0.1) is 11.8 Å². The molecule has 0 radical (unpaired) electrons. The summed E-state index contributed by atoms with van der Waals surface area (Å²) in [5.41, 5.74) is 7.95. The van der Waals surface area contributed by atoms with Gasteiger partial charge in [0.25, 0.3) is 5.91 Å². The number of benzene rings is 1. The third kappa shape index (κ3) is 5.26. The van der Waals surface area contributed by atoms with Crippen LogP contribution in [0.1, 0.15) is 41.6 Å². The molecule has 1 aromatic heterocycles. The Morgan fingerprint density at radius 2 is 1.77 bits per heavy atom. The van der Waals surface area contributed by atoms with Crippen molar-refractivity contribution in [2.24, 2.45) is 17.6 Å². The standard InChI is InChI=1S/C23H30N4O.2ClH/c1-17-9-11-26(12-10-17)22-8-7-19(14-25-22)23(28)27-15-20(13-24)21(16-27)18-5-3-2-4-6-18;;/h2-8,14,17,20-21H,9-13,15-16,24H2,1H3;2*1H/t20-,21+;;/m1../s1. The fourth-order valence-corrected chi connectivity index (χ4v) is 4.47. The van der Waals surface area contributed by atoms with Crippen molar-refractivity contribution in [2.75, 3.05) is 37.6 Å². The Labute approximate surface area is 191 Å². The van der Waals surface area contributed by atoms with E-state index in [-0.39, 0.29) is 30.7 Å². The Morgan fingerprint density at radius 1 is 1.07 bits per heavy atom. The van der Waals surface area contributed by atoms with Crippen LogP contribution in [0.2, 0.25) is 0 Å². The number of rotatable bonds is 4. The summed E-state index contributed by atoms with van der Waals surface area (Å²) in [4.78, 5) is 21.9. The van der Waals surface area contributed by atoms with Crippen molar-refractivity contribution in [2.45, 2.75) is 25.7 Å². The van der Waals surface area contributed by atoms with E-state index in [9.17, 15) is 4.79 Å². The molecule has 3 heterocycles.